The quantitative estimate of drug-likeness (QED) is 0.163. The van der Waals surface area contributed by atoms with Crippen molar-refractivity contribution in [2.45, 2.75) is 39.2 Å². The molecule has 51 heavy (non-hydrogen) atoms. The number of fused-ring (bicyclic) bond motifs is 1. The van der Waals surface area contributed by atoms with Crippen LogP contribution in [0.3, 0.4) is 0 Å². The van der Waals surface area contributed by atoms with Crippen molar-refractivity contribution < 1.29 is 32.5 Å². The summed E-state index contributed by atoms with van der Waals surface area (Å²) in [4.78, 5) is 20.3. The maximum atomic E-state index is 17.3. The van der Waals surface area contributed by atoms with Crippen LogP contribution >= 0.6 is 0 Å². The molecule has 0 amide bonds. The van der Waals surface area contributed by atoms with E-state index in [0.717, 1.165) is 5.56 Å². The van der Waals surface area contributed by atoms with Crippen molar-refractivity contribution in [3.63, 3.8) is 0 Å². The van der Waals surface area contributed by atoms with E-state index in [-0.39, 0.29) is 54.5 Å². The summed E-state index contributed by atoms with van der Waals surface area (Å²) < 4.78 is 61.4. The van der Waals surface area contributed by atoms with Crippen LogP contribution in [0.15, 0.2) is 42.6 Å². The average molecular weight is 698 g/mol. The third-order valence-electron chi connectivity index (χ3n) is 9.60. The first kappa shape index (κ1) is 34.1. The van der Waals surface area contributed by atoms with E-state index in [1.807, 2.05) is 24.8 Å². The first-order valence-electron chi connectivity index (χ1n) is 16.8. The second-order valence-corrected chi connectivity index (χ2v) is 12.6. The molecular weight excluding hydrogens is 660 g/mol. The minimum atomic E-state index is -0.819. The molecule has 0 bridgehead atoms. The van der Waals surface area contributed by atoms with Crippen LogP contribution in [0.4, 0.5) is 20.4 Å². The number of anilines is 2. The van der Waals surface area contributed by atoms with E-state index in [0.29, 0.717) is 78.3 Å². The lowest BCUT2D eigenvalue weighted by Gasteiger charge is -2.31. The van der Waals surface area contributed by atoms with E-state index in [1.54, 1.807) is 30.5 Å². The molecule has 2 aliphatic heterocycles. The van der Waals surface area contributed by atoms with Crippen LogP contribution in [0.1, 0.15) is 43.9 Å². The standard InChI is InChI=1S/C37H37F2N7O5/c1-4-24-27(38)8-7-22-16-23(51-20-47-3)17-26(28(22)24)31-30(39)32-29-34(45-36(44-32)50-19-37(18-40)9-13-48-14-10-37)46(12-15-49-35(29)43-31)21(2)25-6-5-11-42-33(25)41/h5-8,11,16-17,21H,4,9-10,12-15,19-20H2,1-3H3,(H2,41,42). The van der Waals surface area contributed by atoms with Crippen molar-refractivity contribution in [3.8, 4) is 35.0 Å². The van der Waals surface area contributed by atoms with Crippen molar-refractivity contribution in [2.75, 3.05) is 57.5 Å². The predicted molar refractivity (Wildman–Crippen MR) is 186 cm³/mol. The molecule has 0 aliphatic carbocycles. The van der Waals surface area contributed by atoms with Gasteiger partial charge in [-0.15, -0.1) is 0 Å². The van der Waals surface area contributed by atoms with Crippen LogP contribution in [0, 0.1) is 28.4 Å². The SMILES string of the molecule is CCc1c(F)ccc2cc(OCOC)cc(-c3nc4c5c(nc(OCC6(C#N)CCOCC6)nc5c3F)N(C(C)c3cccnc3N)CCO4)c12. The molecule has 2 N–H and O–H groups in total. The lowest BCUT2D eigenvalue weighted by molar-refractivity contribution is 0.0174. The fraction of sp³-hybridized carbons (Fsp3) is 0.378. The number of ether oxygens (including phenoxy) is 5. The molecule has 5 heterocycles. The smallest absolute Gasteiger partial charge is 0.319 e. The van der Waals surface area contributed by atoms with Gasteiger partial charge in [0.2, 0.25) is 5.88 Å². The number of rotatable bonds is 10. The zero-order valence-corrected chi connectivity index (χ0v) is 28.5. The van der Waals surface area contributed by atoms with Crippen LogP contribution in [0.5, 0.6) is 17.6 Å². The summed E-state index contributed by atoms with van der Waals surface area (Å²) in [7, 11) is 1.49. The second kappa shape index (κ2) is 14.1. The van der Waals surface area contributed by atoms with Crippen LogP contribution in [-0.2, 0) is 15.9 Å². The molecule has 0 spiro atoms. The Bertz CT molecular complexity index is 2160. The summed E-state index contributed by atoms with van der Waals surface area (Å²) >= 11 is 0. The number of methoxy groups -OCH3 is 1. The number of pyridine rings is 2. The monoisotopic (exact) mass is 697 g/mol. The summed E-state index contributed by atoms with van der Waals surface area (Å²) in [6, 6.07) is 11.9. The van der Waals surface area contributed by atoms with Crippen molar-refractivity contribution in [2.24, 2.45) is 5.41 Å². The van der Waals surface area contributed by atoms with E-state index in [1.165, 1.54) is 13.2 Å². The molecule has 2 aromatic carbocycles. The van der Waals surface area contributed by atoms with E-state index in [2.05, 4.69) is 16.0 Å². The minimum Gasteiger partial charge on any atom is -0.475 e. The van der Waals surface area contributed by atoms with Crippen LogP contribution in [0.2, 0.25) is 0 Å². The van der Waals surface area contributed by atoms with Gasteiger partial charge in [-0.05, 0) is 66.8 Å². The van der Waals surface area contributed by atoms with Gasteiger partial charge in [-0.2, -0.15) is 15.2 Å². The summed E-state index contributed by atoms with van der Waals surface area (Å²) in [5, 5.41) is 11.4. The molecule has 1 unspecified atom stereocenters. The molecule has 264 valence electrons. The number of aromatic nitrogens is 4. The van der Waals surface area contributed by atoms with Gasteiger partial charge in [0.15, 0.2) is 12.6 Å². The zero-order chi connectivity index (χ0) is 35.7. The average Bonchev–Trinajstić information content (AvgIpc) is 3.34. The molecule has 12 nitrogen and oxygen atoms in total. The molecule has 1 atom stereocenters. The Hall–Kier alpha value is -5.39. The summed E-state index contributed by atoms with van der Waals surface area (Å²) in [5.74, 6) is -0.0862. The molecule has 2 aliphatic rings. The number of hydrogen-bond acceptors (Lipinski definition) is 12. The van der Waals surface area contributed by atoms with Gasteiger partial charge < -0.3 is 34.3 Å². The summed E-state index contributed by atoms with van der Waals surface area (Å²) in [6.07, 6.45) is 2.89. The molecule has 7 rings (SSSR count). The molecule has 1 saturated heterocycles. The highest BCUT2D eigenvalue weighted by atomic mass is 19.1. The van der Waals surface area contributed by atoms with E-state index in [9.17, 15) is 5.26 Å². The normalized spacial score (nSPS) is 16.0. The molecule has 0 radical (unpaired) electrons. The minimum absolute atomic E-state index is 0.0194. The van der Waals surface area contributed by atoms with Crippen molar-refractivity contribution in [1.29, 1.82) is 5.26 Å². The largest absolute Gasteiger partial charge is 0.475 e. The van der Waals surface area contributed by atoms with Crippen LogP contribution in [-0.4, -0.2) is 66.8 Å². The van der Waals surface area contributed by atoms with Crippen LogP contribution in [0.25, 0.3) is 32.9 Å². The van der Waals surface area contributed by atoms with Gasteiger partial charge in [0.1, 0.15) is 53.0 Å². The Labute approximate surface area is 293 Å². The van der Waals surface area contributed by atoms with Crippen molar-refractivity contribution >= 4 is 33.3 Å². The lowest BCUT2D eigenvalue weighted by atomic mass is 9.83. The third-order valence-corrected chi connectivity index (χ3v) is 9.60. The van der Waals surface area contributed by atoms with Crippen molar-refractivity contribution in [3.05, 3.63) is 65.4 Å². The van der Waals surface area contributed by atoms with Gasteiger partial charge >= 0.3 is 6.01 Å². The predicted octanol–water partition coefficient (Wildman–Crippen LogP) is 6.30. The lowest BCUT2D eigenvalue weighted by Crippen LogP contribution is -2.34. The number of nitrogens with two attached hydrogens (primary N) is 1. The number of hydrogen-bond donors (Lipinski definition) is 1. The maximum absolute atomic E-state index is 17.3. The number of benzene rings is 2. The number of nitrogens with zero attached hydrogens (tertiary/aromatic N) is 6. The van der Waals surface area contributed by atoms with E-state index >= 15 is 8.78 Å². The second-order valence-electron chi connectivity index (χ2n) is 12.6. The summed E-state index contributed by atoms with van der Waals surface area (Å²) in [5.41, 5.74) is 6.67. The maximum Gasteiger partial charge on any atom is 0.319 e. The Balaban J connectivity index is 1.46. The Morgan fingerprint density at radius 3 is 2.65 bits per heavy atom. The molecule has 1 fully saturated rings. The fourth-order valence-electron chi connectivity index (χ4n) is 6.82. The molecule has 5 aromatic rings. The first-order chi connectivity index (χ1) is 24.8. The van der Waals surface area contributed by atoms with Gasteiger partial charge in [-0.25, -0.2) is 18.7 Å². The third kappa shape index (κ3) is 6.28. The fourth-order valence-corrected chi connectivity index (χ4v) is 6.82. The Morgan fingerprint density at radius 2 is 1.90 bits per heavy atom. The van der Waals surface area contributed by atoms with Gasteiger partial charge in [0.05, 0.1) is 24.1 Å². The van der Waals surface area contributed by atoms with E-state index in [4.69, 9.17) is 39.4 Å². The van der Waals surface area contributed by atoms with E-state index < -0.39 is 17.0 Å². The van der Waals surface area contributed by atoms with Crippen molar-refractivity contribution in [1.82, 2.24) is 19.9 Å². The van der Waals surface area contributed by atoms with Gasteiger partial charge in [-0.3, -0.25) is 0 Å². The Kier molecular flexibility index (Phi) is 9.41. The highest BCUT2D eigenvalue weighted by Gasteiger charge is 2.36. The summed E-state index contributed by atoms with van der Waals surface area (Å²) in [6.45, 7) is 5.02. The highest BCUT2D eigenvalue weighted by molar-refractivity contribution is 6.03. The molecule has 0 saturated carbocycles. The first-order valence-corrected chi connectivity index (χ1v) is 16.8. The van der Waals surface area contributed by atoms with Gasteiger partial charge in [0.25, 0.3) is 0 Å². The number of aryl methyl sites for hydroxylation is 1. The molecule has 3 aromatic heterocycles. The van der Waals surface area contributed by atoms with Gasteiger partial charge in [-0.1, -0.05) is 19.1 Å². The molecular formula is C37H37F2N7O5. The van der Waals surface area contributed by atoms with Gasteiger partial charge in [0, 0.05) is 37.6 Å². The Morgan fingerprint density at radius 1 is 1.08 bits per heavy atom. The highest BCUT2D eigenvalue weighted by Crippen LogP contribution is 2.44. The molecule has 14 heteroatoms. The zero-order valence-electron chi connectivity index (χ0n) is 28.5. The van der Waals surface area contributed by atoms with Crippen LogP contribution < -0.4 is 24.8 Å². The number of nitriles is 1. The topological polar surface area (TPSA) is 151 Å². The number of halogens is 2. The number of nitrogen functional groups attached to an aromatic ring is 1.